The number of hydrogen-bond donors (Lipinski definition) is 1. The normalized spacial score (nSPS) is 45.3. The summed E-state index contributed by atoms with van der Waals surface area (Å²) in [6.45, 7) is 9.31. The molecular formula is C8H16N2. The quantitative estimate of drug-likeness (QED) is 0.491. The molecule has 2 aliphatic heterocycles. The van der Waals surface area contributed by atoms with Gasteiger partial charge in [0.15, 0.2) is 0 Å². The van der Waals surface area contributed by atoms with Gasteiger partial charge in [-0.2, -0.15) is 0 Å². The van der Waals surface area contributed by atoms with E-state index in [0.717, 1.165) is 12.1 Å². The van der Waals surface area contributed by atoms with Crippen LogP contribution in [0.25, 0.3) is 0 Å². The third-order valence-electron chi connectivity index (χ3n) is 2.55. The average Bonchev–Trinajstić information content (AvgIpc) is 2.30. The molecule has 0 radical (unpaired) electrons. The molecule has 2 unspecified atom stereocenters. The van der Waals surface area contributed by atoms with Crippen LogP contribution < -0.4 is 5.32 Å². The maximum Gasteiger partial charge on any atom is 0.0398 e. The highest BCUT2D eigenvalue weighted by atomic mass is 15.4. The fraction of sp³-hybridized carbons (Fsp3) is 1.00. The number of piperazine rings is 1. The van der Waals surface area contributed by atoms with Crippen molar-refractivity contribution in [2.75, 3.05) is 13.1 Å². The lowest BCUT2D eigenvalue weighted by molar-refractivity contribution is 0.253. The molecule has 2 atom stereocenters. The van der Waals surface area contributed by atoms with Gasteiger partial charge in [-0.3, -0.25) is 4.90 Å². The van der Waals surface area contributed by atoms with Gasteiger partial charge in [0.25, 0.3) is 0 Å². The van der Waals surface area contributed by atoms with Crippen molar-refractivity contribution in [1.82, 2.24) is 10.2 Å². The number of nitrogens with one attached hydrogen (secondary N) is 1. The lowest BCUT2D eigenvalue weighted by Crippen LogP contribution is -2.35. The fourth-order valence-electron chi connectivity index (χ4n) is 2.18. The highest BCUT2D eigenvalue weighted by Crippen LogP contribution is 2.38. The molecule has 2 heteroatoms. The van der Waals surface area contributed by atoms with Crippen molar-refractivity contribution in [1.29, 1.82) is 0 Å². The molecule has 2 aliphatic rings. The van der Waals surface area contributed by atoms with Crippen molar-refractivity contribution in [3.05, 3.63) is 0 Å². The van der Waals surface area contributed by atoms with Crippen LogP contribution in [-0.4, -0.2) is 35.6 Å². The van der Waals surface area contributed by atoms with E-state index in [1.807, 2.05) is 0 Å². The van der Waals surface area contributed by atoms with Crippen LogP contribution in [0, 0.1) is 0 Å². The van der Waals surface area contributed by atoms with E-state index >= 15 is 0 Å². The van der Waals surface area contributed by atoms with Gasteiger partial charge in [-0.05, 0) is 20.8 Å². The zero-order valence-electron chi connectivity index (χ0n) is 7.02. The predicted molar refractivity (Wildman–Crippen MR) is 42.0 cm³/mol. The first-order valence-electron chi connectivity index (χ1n) is 4.10. The summed E-state index contributed by atoms with van der Waals surface area (Å²) in [5.41, 5.74) is 0.400. The first-order chi connectivity index (χ1) is 4.61. The van der Waals surface area contributed by atoms with Crippen LogP contribution >= 0.6 is 0 Å². The molecule has 0 bridgehead atoms. The lowest BCUT2D eigenvalue weighted by Gasteiger charge is -2.24. The maximum absolute atomic E-state index is 3.38. The molecule has 0 spiro atoms. The monoisotopic (exact) mass is 140 g/mol. The molecule has 0 aromatic carbocycles. The van der Waals surface area contributed by atoms with Crippen LogP contribution in [-0.2, 0) is 0 Å². The lowest BCUT2D eigenvalue weighted by atomic mass is 10.1. The predicted octanol–water partition coefficient (Wildman–Crippen LogP) is 0.441. The second kappa shape index (κ2) is 1.74. The molecule has 0 aromatic rings. The van der Waals surface area contributed by atoms with E-state index in [0.29, 0.717) is 5.54 Å². The maximum atomic E-state index is 3.38. The Balaban J connectivity index is 2.01. The summed E-state index contributed by atoms with van der Waals surface area (Å²) in [5, 5.41) is 3.38. The van der Waals surface area contributed by atoms with Gasteiger partial charge in [-0.1, -0.05) is 0 Å². The Kier molecular flexibility index (Phi) is 1.15. The summed E-state index contributed by atoms with van der Waals surface area (Å²) in [7, 11) is 0. The first-order valence-corrected chi connectivity index (χ1v) is 4.10. The highest BCUT2D eigenvalue weighted by molar-refractivity contribution is 5.13. The largest absolute Gasteiger partial charge is 0.313 e. The van der Waals surface area contributed by atoms with Gasteiger partial charge in [-0.15, -0.1) is 0 Å². The Morgan fingerprint density at radius 1 is 1.20 bits per heavy atom. The summed E-state index contributed by atoms with van der Waals surface area (Å²) in [4.78, 5) is 2.60. The van der Waals surface area contributed by atoms with Crippen LogP contribution in [0.15, 0.2) is 0 Å². The van der Waals surface area contributed by atoms with Gasteiger partial charge in [-0.25, -0.2) is 0 Å². The van der Waals surface area contributed by atoms with Crippen molar-refractivity contribution in [3.63, 3.8) is 0 Å². The van der Waals surface area contributed by atoms with Crippen molar-refractivity contribution < 1.29 is 0 Å². The summed E-state index contributed by atoms with van der Waals surface area (Å²) in [6, 6.07) is 1.72. The van der Waals surface area contributed by atoms with E-state index in [9.17, 15) is 0 Å². The second-order valence-corrected chi connectivity index (χ2v) is 4.37. The third-order valence-corrected chi connectivity index (χ3v) is 2.55. The summed E-state index contributed by atoms with van der Waals surface area (Å²) < 4.78 is 0. The zero-order chi connectivity index (χ0) is 7.35. The van der Waals surface area contributed by atoms with Gasteiger partial charge < -0.3 is 5.32 Å². The molecule has 2 fully saturated rings. The summed E-state index contributed by atoms with van der Waals surface area (Å²) in [6.07, 6.45) is 0. The van der Waals surface area contributed by atoms with Crippen molar-refractivity contribution in [2.24, 2.45) is 0 Å². The van der Waals surface area contributed by atoms with Crippen LogP contribution in [0.3, 0.4) is 0 Å². The molecule has 0 amide bonds. The summed E-state index contributed by atoms with van der Waals surface area (Å²) in [5.74, 6) is 0. The van der Waals surface area contributed by atoms with Crippen LogP contribution in [0.4, 0.5) is 0 Å². The minimum absolute atomic E-state index is 0.400. The van der Waals surface area contributed by atoms with Crippen LogP contribution in [0.1, 0.15) is 20.8 Å². The molecule has 10 heavy (non-hydrogen) atoms. The molecule has 2 rings (SSSR count). The zero-order valence-corrected chi connectivity index (χ0v) is 7.02. The average molecular weight is 140 g/mol. The van der Waals surface area contributed by atoms with Crippen molar-refractivity contribution in [3.8, 4) is 0 Å². The van der Waals surface area contributed by atoms with Crippen molar-refractivity contribution in [2.45, 2.75) is 38.4 Å². The fourth-order valence-corrected chi connectivity index (χ4v) is 2.18. The SMILES string of the molecule is CC(C)(C)N1C2CNCC21. The van der Waals surface area contributed by atoms with E-state index < -0.39 is 0 Å². The van der Waals surface area contributed by atoms with Crippen LogP contribution in [0.5, 0.6) is 0 Å². The smallest absolute Gasteiger partial charge is 0.0398 e. The van der Waals surface area contributed by atoms with Gasteiger partial charge >= 0.3 is 0 Å². The van der Waals surface area contributed by atoms with E-state index in [4.69, 9.17) is 0 Å². The molecule has 2 saturated heterocycles. The Morgan fingerprint density at radius 3 is 2.00 bits per heavy atom. The summed E-state index contributed by atoms with van der Waals surface area (Å²) >= 11 is 0. The topological polar surface area (TPSA) is 15.0 Å². The number of fused-ring (bicyclic) bond motifs is 1. The molecular weight excluding hydrogens is 124 g/mol. The van der Waals surface area contributed by atoms with Gasteiger partial charge in [0.2, 0.25) is 0 Å². The standard InChI is InChI=1S/C8H16N2/c1-8(2,3)10-6-4-9-5-7(6)10/h6-7,9H,4-5H2,1-3H3. The van der Waals surface area contributed by atoms with Gasteiger partial charge in [0, 0.05) is 30.7 Å². The molecule has 0 aliphatic carbocycles. The van der Waals surface area contributed by atoms with Crippen LogP contribution in [0.2, 0.25) is 0 Å². The molecule has 1 N–H and O–H groups in total. The van der Waals surface area contributed by atoms with Gasteiger partial charge in [0.1, 0.15) is 0 Å². The molecule has 2 heterocycles. The Morgan fingerprint density at radius 2 is 1.70 bits per heavy atom. The van der Waals surface area contributed by atoms with E-state index in [1.165, 1.54) is 13.1 Å². The highest BCUT2D eigenvalue weighted by Gasteiger charge is 2.55. The van der Waals surface area contributed by atoms with E-state index in [-0.39, 0.29) is 0 Å². The Bertz CT molecular complexity index is 138. The minimum Gasteiger partial charge on any atom is -0.313 e. The van der Waals surface area contributed by atoms with E-state index in [1.54, 1.807) is 0 Å². The van der Waals surface area contributed by atoms with E-state index in [2.05, 4.69) is 31.0 Å². The van der Waals surface area contributed by atoms with Crippen molar-refractivity contribution >= 4 is 0 Å². The third kappa shape index (κ3) is 0.789. The number of hydrogen-bond acceptors (Lipinski definition) is 2. The minimum atomic E-state index is 0.400. The second-order valence-electron chi connectivity index (χ2n) is 4.37. The molecule has 58 valence electrons. The Labute approximate surface area is 62.6 Å². The molecule has 2 nitrogen and oxygen atoms in total. The Hall–Kier alpha value is -0.0800. The number of rotatable bonds is 0. The first kappa shape index (κ1) is 6.62. The molecule has 0 saturated carbocycles. The molecule has 0 aromatic heterocycles. The van der Waals surface area contributed by atoms with Gasteiger partial charge in [0.05, 0.1) is 0 Å². The number of nitrogens with zero attached hydrogens (tertiary/aromatic N) is 1.